The van der Waals surface area contributed by atoms with Gasteiger partial charge in [-0.05, 0) is 43.7 Å². The van der Waals surface area contributed by atoms with E-state index in [4.69, 9.17) is 4.74 Å². The molecule has 0 aliphatic carbocycles. The first-order valence-corrected chi connectivity index (χ1v) is 9.65. The number of hydrogen-bond acceptors (Lipinski definition) is 4. The van der Waals surface area contributed by atoms with Crippen molar-refractivity contribution in [3.8, 4) is 0 Å². The molecule has 128 valence electrons. The molecule has 2 aliphatic rings. The molecule has 0 aromatic carbocycles. The first-order chi connectivity index (χ1) is 11.1. The van der Waals surface area contributed by atoms with Crippen molar-refractivity contribution in [2.45, 2.75) is 45.7 Å². The Labute approximate surface area is 143 Å². The van der Waals surface area contributed by atoms with Crippen LogP contribution in [0, 0.1) is 12.8 Å². The van der Waals surface area contributed by atoms with Crippen molar-refractivity contribution in [3.63, 3.8) is 0 Å². The molecule has 2 aliphatic heterocycles. The molecule has 3 heterocycles. The lowest BCUT2D eigenvalue weighted by Crippen LogP contribution is -2.41. The van der Waals surface area contributed by atoms with E-state index in [1.54, 1.807) is 0 Å². The Morgan fingerprint density at radius 2 is 2.13 bits per heavy atom. The number of likely N-dealkylation sites (tertiary alicyclic amines) is 1. The topological polar surface area (TPSA) is 32.8 Å². The van der Waals surface area contributed by atoms with Crippen LogP contribution in [0.3, 0.4) is 0 Å². The fraction of sp³-hybridized carbons (Fsp3) is 0.722. The van der Waals surface area contributed by atoms with Crippen LogP contribution in [0.5, 0.6) is 0 Å². The van der Waals surface area contributed by atoms with Crippen LogP contribution < -0.4 is 0 Å². The van der Waals surface area contributed by atoms with E-state index in [0.29, 0.717) is 30.9 Å². The van der Waals surface area contributed by atoms with Crippen LogP contribution in [-0.4, -0.2) is 54.6 Å². The number of thiophene rings is 1. The van der Waals surface area contributed by atoms with Crippen LogP contribution in [-0.2, 0) is 16.1 Å². The summed E-state index contributed by atoms with van der Waals surface area (Å²) in [5.41, 5.74) is 1.37. The molecule has 3 rings (SSSR count). The average Bonchev–Trinajstić information content (AvgIpc) is 3.17. The summed E-state index contributed by atoms with van der Waals surface area (Å²) in [5, 5.41) is 2.16. The smallest absolute Gasteiger partial charge is 0.222 e. The third kappa shape index (κ3) is 4.14. The summed E-state index contributed by atoms with van der Waals surface area (Å²) in [7, 11) is 0. The first kappa shape index (κ1) is 16.9. The molecule has 2 atom stereocenters. The monoisotopic (exact) mass is 336 g/mol. The molecule has 1 amide bonds. The number of carbonyl (C=O) groups excluding carboxylic acids is 1. The normalized spacial score (nSPS) is 26.4. The van der Waals surface area contributed by atoms with Crippen LogP contribution >= 0.6 is 11.3 Å². The van der Waals surface area contributed by atoms with Crippen LogP contribution in [0.15, 0.2) is 11.4 Å². The maximum atomic E-state index is 12.5. The summed E-state index contributed by atoms with van der Waals surface area (Å²) >= 11 is 1.83. The van der Waals surface area contributed by atoms with E-state index >= 15 is 0 Å². The Balaban J connectivity index is 1.63. The Morgan fingerprint density at radius 3 is 2.83 bits per heavy atom. The van der Waals surface area contributed by atoms with Gasteiger partial charge in [0.15, 0.2) is 0 Å². The minimum atomic E-state index is 0.297. The summed E-state index contributed by atoms with van der Waals surface area (Å²) < 4.78 is 5.81. The van der Waals surface area contributed by atoms with Gasteiger partial charge in [-0.2, -0.15) is 0 Å². The van der Waals surface area contributed by atoms with E-state index in [1.165, 1.54) is 10.4 Å². The van der Waals surface area contributed by atoms with Gasteiger partial charge in [-0.1, -0.05) is 0 Å². The van der Waals surface area contributed by atoms with E-state index in [-0.39, 0.29) is 0 Å². The number of amides is 1. The summed E-state index contributed by atoms with van der Waals surface area (Å²) in [6, 6.07) is 2.57. The lowest BCUT2D eigenvalue weighted by atomic mass is 9.96. The fourth-order valence-corrected chi connectivity index (χ4v) is 4.51. The van der Waals surface area contributed by atoms with Gasteiger partial charge in [0.1, 0.15) is 0 Å². The molecular weight excluding hydrogens is 308 g/mol. The summed E-state index contributed by atoms with van der Waals surface area (Å²) in [6.45, 7) is 9.73. The Bertz CT molecular complexity index is 525. The van der Waals surface area contributed by atoms with E-state index < -0.39 is 0 Å². The van der Waals surface area contributed by atoms with Crippen LogP contribution in [0.1, 0.15) is 36.6 Å². The van der Waals surface area contributed by atoms with E-state index in [1.807, 2.05) is 16.2 Å². The summed E-state index contributed by atoms with van der Waals surface area (Å²) in [6.07, 6.45) is 2.94. The van der Waals surface area contributed by atoms with Gasteiger partial charge < -0.3 is 9.64 Å². The molecule has 0 bridgehead atoms. The van der Waals surface area contributed by atoms with Gasteiger partial charge in [0.2, 0.25) is 5.91 Å². The predicted octanol–water partition coefficient (Wildman–Crippen LogP) is 2.91. The van der Waals surface area contributed by atoms with E-state index in [0.717, 1.165) is 45.6 Å². The number of nitrogens with zero attached hydrogens (tertiary/aromatic N) is 2. The van der Waals surface area contributed by atoms with Crippen LogP contribution in [0.4, 0.5) is 0 Å². The Kier molecular flexibility index (Phi) is 5.72. The van der Waals surface area contributed by atoms with Gasteiger partial charge in [0.05, 0.1) is 13.2 Å². The minimum Gasteiger partial charge on any atom is -0.380 e. The van der Waals surface area contributed by atoms with Crippen molar-refractivity contribution in [3.05, 3.63) is 21.9 Å². The number of rotatable bonds is 4. The minimum absolute atomic E-state index is 0.297. The van der Waals surface area contributed by atoms with Gasteiger partial charge >= 0.3 is 0 Å². The molecule has 0 spiro atoms. The zero-order valence-electron chi connectivity index (χ0n) is 14.3. The largest absolute Gasteiger partial charge is 0.380 e. The first-order valence-electron chi connectivity index (χ1n) is 8.77. The maximum absolute atomic E-state index is 12.5. The fourth-order valence-electron chi connectivity index (χ4n) is 3.58. The summed E-state index contributed by atoms with van der Waals surface area (Å²) in [4.78, 5) is 18.5. The summed E-state index contributed by atoms with van der Waals surface area (Å²) in [5.74, 6) is 0.614. The molecule has 2 saturated heterocycles. The molecule has 2 fully saturated rings. The quantitative estimate of drug-likeness (QED) is 0.847. The highest BCUT2D eigenvalue weighted by Gasteiger charge is 2.30. The third-order valence-corrected chi connectivity index (χ3v) is 6.33. The number of ether oxygens (including phenoxy) is 1. The van der Waals surface area contributed by atoms with Crippen molar-refractivity contribution in [1.82, 2.24) is 9.80 Å². The van der Waals surface area contributed by atoms with Crippen molar-refractivity contribution in [2.75, 3.05) is 32.8 Å². The number of aryl methyl sites for hydroxylation is 1. The van der Waals surface area contributed by atoms with E-state index in [2.05, 4.69) is 30.2 Å². The second-order valence-corrected chi connectivity index (χ2v) is 7.87. The highest BCUT2D eigenvalue weighted by atomic mass is 32.1. The molecule has 23 heavy (non-hydrogen) atoms. The molecule has 5 heteroatoms. The zero-order chi connectivity index (χ0) is 16.2. The molecular formula is C18H28N2O2S. The Morgan fingerprint density at radius 1 is 1.35 bits per heavy atom. The number of carbonyl (C=O) groups is 1. The average molecular weight is 337 g/mol. The highest BCUT2D eigenvalue weighted by molar-refractivity contribution is 7.10. The van der Waals surface area contributed by atoms with Crippen molar-refractivity contribution >= 4 is 17.2 Å². The highest BCUT2D eigenvalue weighted by Crippen LogP contribution is 2.25. The van der Waals surface area contributed by atoms with Crippen molar-refractivity contribution in [1.29, 1.82) is 0 Å². The molecule has 0 saturated carbocycles. The van der Waals surface area contributed by atoms with E-state index in [9.17, 15) is 4.79 Å². The molecule has 0 unspecified atom stereocenters. The predicted molar refractivity (Wildman–Crippen MR) is 93.7 cm³/mol. The standard InChI is InChI=1S/C18H28N2O2S/c1-14-5-10-23-17(14)12-20-8-9-22-13-16(15(20)2)11-18(21)19-6-3-4-7-19/h5,10,15-16H,3-4,6-9,11-13H2,1-2H3/t15-,16+/m0/s1. The Hall–Kier alpha value is -0.910. The van der Waals surface area contributed by atoms with Crippen molar-refractivity contribution < 1.29 is 9.53 Å². The molecule has 0 N–H and O–H groups in total. The third-order valence-electron chi connectivity index (χ3n) is 5.32. The lowest BCUT2D eigenvalue weighted by Gasteiger charge is -2.32. The number of hydrogen-bond donors (Lipinski definition) is 0. The van der Waals surface area contributed by atoms with Gasteiger partial charge in [-0.3, -0.25) is 9.69 Å². The van der Waals surface area contributed by atoms with Crippen molar-refractivity contribution in [2.24, 2.45) is 5.92 Å². The molecule has 0 radical (unpaired) electrons. The molecule has 1 aromatic heterocycles. The zero-order valence-corrected chi connectivity index (χ0v) is 15.1. The van der Waals surface area contributed by atoms with Crippen LogP contribution in [0.2, 0.25) is 0 Å². The second-order valence-electron chi connectivity index (χ2n) is 6.86. The molecule has 4 nitrogen and oxygen atoms in total. The SMILES string of the molecule is Cc1ccsc1CN1CCOC[C@@H](CC(=O)N2CCCC2)[C@@H]1C. The second kappa shape index (κ2) is 7.77. The van der Waals surface area contributed by atoms with Gasteiger partial charge in [0, 0.05) is 49.4 Å². The van der Waals surface area contributed by atoms with Crippen LogP contribution in [0.25, 0.3) is 0 Å². The maximum Gasteiger partial charge on any atom is 0.222 e. The van der Waals surface area contributed by atoms with Gasteiger partial charge in [-0.15, -0.1) is 11.3 Å². The lowest BCUT2D eigenvalue weighted by molar-refractivity contribution is -0.132. The van der Waals surface area contributed by atoms with Gasteiger partial charge in [0.25, 0.3) is 0 Å². The van der Waals surface area contributed by atoms with Gasteiger partial charge in [-0.25, -0.2) is 0 Å². The molecule has 1 aromatic rings.